The zero-order valence-electron chi connectivity index (χ0n) is 19.1. The van der Waals surface area contributed by atoms with E-state index in [1.807, 2.05) is 47.4 Å². The third-order valence-corrected chi connectivity index (χ3v) is 6.23. The van der Waals surface area contributed by atoms with Crippen LogP contribution in [0.1, 0.15) is 45.8 Å². The Kier molecular flexibility index (Phi) is 6.93. The van der Waals surface area contributed by atoms with Crippen LogP contribution in [-0.4, -0.2) is 78.9 Å². The SMILES string of the molecule is COCCCN1C(=O)c2ccccc2C1Nc1cccc(C(=O)N2CCN(C(C)=O)CC2)c1. The number of carbonyl (C=O) groups excluding carboxylic acids is 3. The Morgan fingerprint density at radius 3 is 2.48 bits per heavy atom. The topological polar surface area (TPSA) is 82.2 Å². The standard InChI is InChI=1S/C25H30N4O4/c1-18(30)27-12-14-28(15-13-27)24(31)19-7-5-8-20(17-19)26-23-21-9-3-4-10-22(21)25(32)29(23)11-6-16-33-2/h3-5,7-10,17,23,26H,6,11-16H2,1-2H3. The summed E-state index contributed by atoms with van der Waals surface area (Å²) in [4.78, 5) is 43.0. The molecule has 0 aliphatic carbocycles. The van der Waals surface area contributed by atoms with Crippen LogP contribution in [0.5, 0.6) is 0 Å². The van der Waals surface area contributed by atoms with Gasteiger partial charge in [-0.2, -0.15) is 0 Å². The largest absolute Gasteiger partial charge is 0.385 e. The molecule has 1 fully saturated rings. The molecule has 8 nitrogen and oxygen atoms in total. The molecule has 1 atom stereocenters. The van der Waals surface area contributed by atoms with E-state index in [1.165, 1.54) is 0 Å². The summed E-state index contributed by atoms with van der Waals surface area (Å²) in [6.45, 7) is 4.84. The molecule has 2 aliphatic heterocycles. The molecular weight excluding hydrogens is 420 g/mol. The van der Waals surface area contributed by atoms with Gasteiger partial charge in [0, 0.05) is 75.7 Å². The van der Waals surface area contributed by atoms with Crippen LogP contribution in [0.15, 0.2) is 48.5 Å². The smallest absolute Gasteiger partial charge is 0.256 e. The summed E-state index contributed by atoms with van der Waals surface area (Å²) in [6.07, 6.45) is 0.425. The Bertz CT molecular complexity index is 1030. The second-order valence-electron chi connectivity index (χ2n) is 8.36. The van der Waals surface area contributed by atoms with Gasteiger partial charge in [-0.25, -0.2) is 0 Å². The quantitative estimate of drug-likeness (QED) is 0.656. The summed E-state index contributed by atoms with van der Waals surface area (Å²) < 4.78 is 5.16. The molecule has 3 amide bonds. The molecule has 0 aromatic heterocycles. The number of fused-ring (bicyclic) bond motifs is 1. The van der Waals surface area contributed by atoms with Crippen LogP contribution in [0.25, 0.3) is 0 Å². The van der Waals surface area contributed by atoms with Gasteiger partial charge in [0.05, 0.1) is 0 Å². The molecule has 33 heavy (non-hydrogen) atoms. The Hall–Kier alpha value is -3.39. The van der Waals surface area contributed by atoms with Gasteiger partial charge < -0.3 is 24.8 Å². The molecule has 0 spiro atoms. The first kappa shape index (κ1) is 22.8. The van der Waals surface area contributed by atoms with Crippen LogP contribution < -0.4 is 5.32 Å². The van der Waals surface area contributed by atoms with Gasteiger partial charge in [0.1, 0.15) is 6.17 Å². The summed E-state index contributed by atoms with van der Waals surface area (Å²) in [6, 6.07) is 15.0. The monoisotopic (exact) mass is 450 g/mol. The van der Waals surface area contributed by atoms with Crippen LogP contribution in [0.2, 0.25) is 0 Å². The molecule has 8 heteroatoms. The normalized spacial score (nSPS) is 17.8. The number of piperazine rings is 1. The van der Waals surface area contributed by atoms with E-state index in [1.54, 1.807) is 29.9 Å². The number of hydrogen-bond donors (Lipinski definition) is 1. The minimum Gasteiger partial charge on any atom is -0.385 e. The minimum absolute atomic E-state index is 0.00484. The van der Waals surface area contributed by atoms with Gasteiger partial charge in [-0.15, -0.1) is 0 Å². The summed E-state index contributed by atoms with van der Waals surface area (Å²) in [7, 11) is 1.65. The van der Waals surface area contributed by atoms with E-state index in [-0.39, 0.29) is 23.9 Å². The highest BCUT2D eigenvalue weighted by Crippen LogP contribution is 2.34. The molecule has 2 aromatic carbocycles. The van der Waals surface area contributed by atoms with Gasteiger partial charge in [-0.3, -0.25) is 14.4 Å². The number of anilines is 1. The van der Waals surface area contributed by atoms with Crippen LogP contribution in [0.3, 0.4) is 0 Å². The number of nitrogens with zero attached hydrogens (tertiary/aromatic N) is 3. The van der Waals surface area contributed by atoms with Crippen molar-refractivity contribution >= 4 is 23.4 Å². The van der Waals surface area contributed by atoms with Gasteiger partial charge in [0.2, 0.25) is 5.91 Å². The van der Waals surface area contributed by atoms with Crippen molar-refractivity contribution in [3.8, 4) is 0 Å². The molecule has 0 radical (unpaired) electrons. The van der Waals surface area contributed by atoms with E-state index in [2.05, 4.69) is 5.32 Å². The molecular formula is C25H30N4O4. The zero-order chi connectivity index (χ0) is 23.4. The first-order valence-corrected chi connectivity index (χ1v) is 11.3. The lowest BCUT2D eigenvalue weighted by Crippen LogP contribution is -2.50. The number of benzene rings is 2. The Balaban J connectivity index is 1.50. The van der Waals surface area contributed by atoms with E-state index in [0.717, 1.165) is 17.7 Å². The average Bonchev–Trinajstić information content (AvgIpc) is 3.10. The predicted molar refractivity (Wildman–Crippen MR) is 125 cm³/mol. The molecule has 1 N–H and O–H groups in total. The van der Waals surface area contributed by atoms with Crippen LogP contribution in [0, 0.1) is 0 Å². The zero-order valence-corrected chi connectivity index (χ0v) is 19.1. The number of hydrogen-bond acceptors (Lipinski definition) is 5. The molecule has 0 bridgehead atoms. The van der Waals surface area contributed by atoms with Gasteiger partial charge in [0.15, 0.2) is 0 Å². The highest BCUT2D eigenvalue weighted by atomic mass is 16.5. The minimum atomic E-state index is -0.310. The van der Waals surface area contributed by atoms with Crippen molar-refractivity contribution in [2.45, 2.75) is 19.5 Å². The summed E-state index contributed by atoms with van der Waals surface area (Å²) in [5, 5.41) is 3.47. The van der Waals surface area contributed by atoms with Crippen molar-refractivity contribution in [1.29, 1.82) is 0 Å². The highest BCUT2D eigenvalue weighted by molar-refractivity contribution is 5.99. The van der Waals surface area contributed by atoms with Gasteiger partial charge in [-0.1, -0.05) is 24.3 Å². The molecule has 2 aromatic rings. The third kappa shape index (κ3) is 4.85. The number of amides is 3. The molecule has 0 saturated carbocycles. The Labute approximate surface area is 194 Å². The maximum atomic E-state index is 13.1. The van der Waals surface area contributed by atoms with E-state index in [4.69, 9.17) is 4.74 Å². The van der Waals surface area contributed by atoms with Crippen LogP contribution in [-0.2, 0) is 9.53 Å². The lowest BCUT2D eigenvalue weighted by Gasteiger charge is -2.34. The van der Waals surface area contributed by atoms with Crippen molar-refractivity contribution in [3.63, 3.8) is 0 Å². The van der Waals surface area contributed by atoms with Gasteiger partial charge in [-0.05, 0) is 30.7 Å². The van der Waals surface area contributed by atoms with E-state index in [9.17, 15) is 14.4 Å². The maximum absolute atomic E-state index is 13.1. The molecule has 2 heterocycles. The van der Waals surface area contributed by atoms with Crippen molar-refractivity contribution in [1.82, 2.24) is 14.7 Å². The molecule has 174 valence electrons. The van der Waals surface area contributed by atoms with Crippen LogP contribution in [0.4, 0.5) is 5.69 Å². The lowest BCUT2D eigenvalue weighted by atomic mass is 10.1. The van der Waals surface area contributed by atoms with Gasteiger partial charge in [0.25, 0.3) is 11.8 Å². The molecule has 4 rings (SSSR count). The number of rotatable bonds is 7. The van der Waals surface area contributed by atoms with Crippen molar-refractivity contribution < 1.29 is 19.1 Å². The Morgan fingerprint density at radius 1 is 1.03 bits per heavy atom. The first-order valence-electron chi connectivity index (χ1n) is 11.3. The molecule has 1 saturated heterocycles. The average molecular weight is 451 g/mol. The second kappa shape index (κ2) is 10.0. The van der Waals surface area contributed by atoms with E-state index < -0.39 is 0 Å². The lowest BCUT2D eigenvalue weighted by molar-refractivity contribution is -0.130. The number of carbonyl (C=O) groups is 3. The first-order chi connectivity index (χ1) is 16.0. The number of nitrogens with one attached hydrogen (secondary N) is 1. The molecule has 1 unspecified atom stereocenters. The van der Waals surface area contributed by atoms with Crippen molar-refractivity contribution in [2.24, 2.45) is 0 Å². The fourth-order valence-corrected chi connectivity index (χ4v) is 4.44. The number of methoxy groups -OCH3 is 1. The summed E-state index contributed by atoms with van der Waals surface area (Å²) in [5.74, 6) is -0.0220. The fourth-order valence-electron chi connectivity index (χ4n) is 4.44. The van der Waals surface area contributed by atoms with E-state index in [0.29, 0.717) is 50.5 Å². The van der Waals surface area contributed by atoms with E-state index >= 15 is 0 Å². The predicted octanol–water partition coefficient (Wildman–Crippen LogP) is 2.59. The summed E-state index contributed by atoms with van der Waals surface area (Å²) >= 11 is 0. The maximum Gasteiger partial charge on any atom is 0.256 e. The second-order valence-corrected chi connectivity index (χ2v) is 8.36. The van der Waals surface area contributed by atoms with Crippen molar-refractivity contribution in [3.05, 3.63) is 65.2 Å². The number of ether oxygens (including phenoxy) is 1. The molecule has 2 aliphatic rings. The Morgan fingerprint density at radius 2 is 1.76 bits per heavy atom. The van der Waals surface area contributed by atoms with Gasteiger partial charge >= 0.3 is 0 Å². The fraction of sp³-hybridized carbons (Fsp3) is 0.400. The summed E-state index contributed by atoms with van der Waals surface area (Å²) in [5.41, 5.74) is 2.98. The van der Waals surface area contributed by atoms with Crippen LogP contribution >= 0.6 is 0 Å². The third-order valence-electron chi connectivity index (χ3n) is 6.23. The van der Waals surface area contributed by atoms with Crippen molar-refractivity contribution in [2.75, 3.05) is 51.8 Å². The highest BCUT2D eigenvalue weighted by Gasteiger charge is 2.36.